The molecule has 0 amide bonds. The maximum Gasteiger partial charge on any atom is 0.178 e. The molecule has 7 atom stereocenters. The van der Waals surface area contributed by atoms with E-state index in [1.807, 2.05) is 44.5 Å². The molecule has 5 rings (SSSR count). The first-order chi connectivity index (χ1) is 20.0. The average molecular weight is 581 g/mol. The third-order valence-electron chi connectivity index (χ3n) is 13.7. The predicted molar refractivity (Wildman–Crippen MR) is 174 cm³/mol. The van der Waals surface area contributed by atoms with Crippen LogP contribution in [0.2, 0.25) is 0 Å². The Morgan fingerprint density at radius 2 is 1.67 bits per heavy atom. The van der Waals surface area contributed by atoms with Gasteiger partial charge in [0.05, 0.1) is 5.57 Å². The number of nitriles is 1. The number of Topliss-reactive ketones (excluding diaryl/α,β-unsaturated/α-hetero) is 1. The highest BCUT2D eigenvalue weighted by atomic mass is 16.1. The molecule has 0 aromatic carbocycles. The van der Waals surface area contributed by atoms with E-state index in [1.165, 1.54) is 0 Å². The molecule has 0 aliphatic heterocycles. The van der Waals surface area contributed by atoms with Crippen LogP contribution in [0.25, 0.3) is 0 Å². The summed E-state index contributed by atoms with van der Waals surface area (Å²) in [6.07, 6.45) is 20.6. The summed E-state index contributed by atoms with van der Waals surface area (Å²) in [5.41, 5.74) is -0.802. The largest absolute Gasteiger partial charge is 0.354 e. The fourth-order valence-corrected chi connectivity index (χ4v) is 11.5. The van der Waals surface area contributed by atoms with Crippen molar-refractivity contribution in [1.82, 2.24) is 4.90 Å². The molecule has 0 heterocycles. The van der Waals surface area contributed by atoms with Crippen molar-refractivity contribution >= 4 is 11.6 Å². The smallest absolute Gasteiger partial charge is 0.178 e. The molecule has 0 N–H and O–H groups in total. The third kappa shape index (κ3) is 3.99. The number of nitrogens with zero attached hydrogens (tertiary/aromatic N) is 2. The highest BCUT2D eigenvalue weighted by molar-refractivity contribution is 6.04. The molecule has 0 aromatic heterocycles. The lowest BCUT2D eigenvalue weighted by molar-refractivity contribution is -0.197. The molecule has 4 nitrogen and oxygen atoms in total. The van der Waals surface area contributed by atoms with Crippen LogP contribution < -0.4 is 0 Å². The highest BCUT2D eigenvalue weighted by Gasteiger charge is 2.73. The Balaban J connectivity index is 1.73. The summed E-state index contributed by atoms with van der Waals surface area (Å²) in [6.45, 7) is 29.0. The van der Waals surface area contributed by atoms with Crippen LogP contribution >= 0.6 is 0 Å². The van der Waals surface area contributed by atoms with Gasteiger partial charge < -0.3 is 4.90 Å². The lowest BCUT2D eigenvalue weighted by Gasteiger charge is -2.73. The van der Waals surface area contributed by atoms with Gasteiger partial charge >= 0.3 is 0 Å². The summed E-state index contributed by atoms with van der Waals surface area (Å²) in [5.74, 6) is -0.0265. The number of ketones is 2. The summed E-state index contributed by atoms with van der Waals surface area (Å²) >= 11 is 0. The molecule has 0 aromatic rings. The predicted octanol–water partition coefficient (Wildman–Crippen LogP) is 8.91. The Bertz CT molecular complexity index is 1420. The molecule has 0 saturated heterocycles. The van der Waals surface area contributed by atoms with Gasteiger partial charge in [-0.15, -0.1) is 6.58 Å². The zero-order chi connectivity index (χ0) is 31.9. The zero-order valence-electron chi connectivity index (χ0n) is 27.7. The minimum atomic E-state index is -0.665. The molecule has 3 fully saturated rings. The van der Waals surface area contributed by atoms with Gasteiger partial charge in [0.1, 0.15) is 6.07 Å². The van der Waals surface area contributed by atoms with Crippen molar-refractivity contribution in [3.63, 3.8) is 0 Å². The molecular formula is C39H52N2O2. The Kier molecular flexibility index (Phi) is 7.17. The van der Waals surface area contributed by atoms with E-state index in [9.17, 15) is 14.9 Å². The number of allylic oxidation sites excluding steroid dienone is 7. The molecule has 0 spiro atoms. The van der Waals surface area contributed by atoms with Crippen LogP contribution in [0.5, 0.6) is 0 Å². The third-order valence-corrected chi connectivity index (χ3v) is 13.7. The first-order valence-electron chi connectivity index (χ1n) is 16.2. The summed E-state index contributed by atoms with van der Waals surface area (Å²) in [4.78, 5) is 30.5. The summed E-state index contributed by atoms with van der Waals surface area (Å²) in [5, 5.41) is 10.0. The van der Waals surface area contributed by atoms with Crippen LogP contribution in [0.3, 0.4) is 0 Å². The molecule has 0 bridgehead atoms. The van der Waals surface area contributed by atoms with Gasteiger partial charge in [-0.25, -0.2) is 0 Å². The lowest BCUT2D eigenvalue weighted by Crippen LogP contribution is -2.69. The zero-order valence-corrected chi connectivity index (χ0v) is 27.7. The standard InChI is InChI=1S/C39H52N2O2/c1-11-14-21-41(13-3)26-38-19-17-33(4,5)25-39(38,12-2)31-28(42)22-30-35(8)23-27(24-40)32(43)34(6,7)29(35)15-16-36(30,9)37(31,10)18-20-38/h11-14,21-23,29,31H,1-3,15-20,25-26H2,4-10H3/b21-14-/t29?,31-,35-,36+,37+,38+,39-/m0/s1. The topological polar surface area (TPSA) is 61.2 Å². The molecule has 230 valence electrons. The van der Waals surface area contributed by atoms with Crippen molar-refractivity contribution in [1.29, 1.82) is 5.26 Å². The SMILES string of the molecule is C=C/C=C\N(C=C)C[C@]12CCC(C)(C)C[C@@]1(C=C)[C@H]1C(=O)C=C3[C@@]4(C)C=C(C#N)C(=O)C(C)(C)C4CC[C@@]3(C)[C@]1(C)CC2. The van der Waals surface area contributed by atoms with Gasteiger partial charge in [-0.05, 0) is 90.9 Å². The molecule has 4 heteroatoms. The first-order valence-corrected chi connectivity index (χ1v) is 16.2. The number of rotatable bonds is 6. The number of carbonyl (C=O) groups excluding carboxylic acids is 2. The fraction of sp³-hybridized carbons (Fsp3) is 0.615. The van der Waals surface area contributed by atoms with E-state index >= 15 is 0 Å². The second-order valence-corrected chi connectivity index (χ2v) is 16.5. The van der Waals surface area contributed by atoms with E-state index in [2.05, 4.69) is 71.4 Å². The highest BCUT2D eigenvalue weighted by Crippen LogP contribution is 2.78. The van der Waals surface area contributed by atoms with Crippen molar-refractivity contribution < 1.29 is 9.59 Å². The summed E-state index contributed by atoms with van der Waals surface area (Å²) in [7, 11) is 0. The van der Waals surface area contributed by atoms with Crippen molar-refractivity contribution in [2.24, 2.45) is 49.7 Å². The Hall–Kier alpha value is -2.93. The number of hydrogen-bond acceptors (Lipinski definition) is 4. The molecule has 3 saturated carbocycles. The lowest BCUT2D eigenvalue weighted by atomic mass is 9.30. The van der Waals surface area contributed by atoms with E-state index in [-0.39, 0.29) is 56.1 Å². The van der Waals surface area contributed by atoms with Crippen LogP contribution in [0.1, 0.15) is 93.4 Å². The van der Waals surface area contributed by atoms with Crippen molar-refractivity contribution in [2.45, 2.75) is 93.4 Å². The number of carbonyl (C=O) groups is 2. The Morgan fingerprint density at radius 1 is 1.00 bits per heavy atom. The van der Waals surface area contributed by atoms with E-state index in [0.29, 0.717) is 0 Å². The number of fused-ring (bicyclic) bond motifs is 7. The van der Waals surface area contributed by atoms with Gasteiger partial charge in [-0.1, -0.05) is 85.4 Å². The normalized spacial score (nSPS) is 42.7. The first kappa shape index (κ1) is 31.5. The Morgan fingerprint density at radius 3 is 2.28 bits per heavy atom. The number of hydrogen-bond donors (Lipinski definition) is 0. The second kappa shape index (κ2) is 9.79. The van der Waals surface area contributed by atoms with Gasteiger partial charge in [-0.3, -0.25) is 9.59 Å². The van der Waals surface area contributed by atoms with Crippen LogP contribution in [0.15, 0.2) is 73.7 Å². The van der Waals surface area contributed by atoms with E-state index in [1.54, 1.807) is 6.08 Å². The van der Waals surface area contributed by atoms with Crippen molar-refractivity contribution in [3.8, 4) is 6.07 Å². The Labute approximate surface area is 260 Å². The van der Waals surface area contributed by atoms with Gasteiger partial charge in [0.25, 0.3) is 0 Å². The average Bonchev–Trinajstić information content (AvgIpc) is 2.94. The minimum Gasteiger partial charge on any atom is -0.354 e. The quantitative estimate of drug-likeness (QED) is 0.232. The van der Waals surface area contributed by atoms with E-state index in [4.69, 9.17) is 0 Å². The van der Waals surface area contributed by atoms with Crippen LogP contribution in [-0.4, -0.2) is 23.0 Å². The molecule has 5 aliphatic carbocycles. The van der Waals surface area contributed by atoms with E-state index in [0.717, 1.165) is 57.1 Å². The summed E-state index contributed by atoms with van der Waals surface area (Å²) < 4.78 is 0. The summed E-state index contributed by atoms with van der Waals surface area (Å²) in [6, 6.07) is 2.22. The van der Waals surface area contributed by atoms with Crippen LogP contribution in [0, 0.1) is 61.1 Å². The molecule has 43 heavy (non-hydrogen) atoms. The van der Waals surface area contributed by atoms with E-state index < -0.39 is 10.8 Å². The van der Waals surface area contributed by atoms with Crippen LogP contribution in [0.4, 0.5) is 0 Å². The van der Waals surface area contributed by atoms with Gasteiger partial charge in [-0.2, -0.15) is 5.26 Å². The molecule has 0 radical (unpaired) electrons. The van der Waals surface area contributed by atoms with Gasteiger partial charge in [0.15, 0.2) is 11.6 Å². The van der Waals surface area contributed by atoms with Crippen molar-refractivity contribution in [2.75, 3.05) is 6.54 Å². The van der Waals surface area contributed by atoms with Crippen LogP contribution in [-0.2, 0) is 9.59 Å². The second-order valence-electron chi connectivity index (χ2n) is 16.5. The molecule has 5 aliphatic rings. The van der Waals surface area contributed by atoms with Crippen molar-refractivity contribution in [3.05, 3.63) is 73.7 Å². The van der Waals surface area contributed by atoms with Gasteiger partial charge in [0, 0.05) is 34.9 Å². The maximum absolute atomic E-state index is 15.0. The van der Waals surface area contributed by atoms with Gasteiger partial charge in [0.2, 0.25) is 0 Å². The fourth-order valence-electron chi connectivity index (χ4n) is 11.5. The maximum atomic E-state index is 15.0. The molecule has 1 unspecified atom stereocenters. The molecular weight excluding hydrogens is 528 g/mol. The minimum absolute atomic E-state index is 0.0410. The monoisotopic (exact) mass is 580 g/mol.